The molecule has 0 radical (unpaired) electrons. The van der Waals surface area contributed by atoms with Gasteiger partial charge >= 0.3 is 0 Å². The molecule has 0 bridgehead atoms. The summed E-state index contributed by atoms with van der Waals surface area (Å²) in [7, 11) is 0. The second-order valence-corrected chi connectivity index (χ2v) is 7.08. The quantitative estimate of drug-likeness (QED) is 0.670. The van der Waals surface area contributed by atoms with Crippen LogP contribution in [0.4, 0.5) is 0 Å². The summed E-state index contributed by atoms with van der Waals surface area (Å²) in [5.41, 5.74) is 1.08. The molecule has 2 atom stereocenters. The fourth-order valence-corrected chi connectivity index (χ4v) is 2.99. The van der Waals surface area contributed by atoms with E-state index in [9.17, 15) is 9.59 Å². The molecule has 0 fully saturated rings. The first-order valence-electron chi connectivity index (χ1n) is 9.30. The normalized spacial score (nSPS) is 13.4. The minimum Gasteiger partial charge on any atom is -0.349 e. The Morgan fingerprint density at radius 3 is 2.15 bits per heavy atom. The van der Waals surface area contributed by atoms with Gasteiger partial charge in [-0.1, -0.05) is 36.4 Å². The predicted octanol–water partition coefficient (Wildman–Crippen LogP) is 1.45. The van der Waals surface area contributed by atoms with Crippen molar-refractivity contribution in [3.05, 3.63) is 48.0 Å². The number of benzene rings is 2. The second-order valence-electron chi connectivity index (χ2n) is 7.08. The van der Waals surface area contributed by atoms with E-state index in [2.05, 4.69) is 34.9 Å². The van der Waals surface area contributed by atoms with Crippen LogP contribution in [-0.2, 0) is 9.59 Å². The summed E-state index contributed by atoms with van der Waals surface area (Å²) in [6.45, 7) is 9.16. The van der Waals surface area contributed by atoms with Gasteiger partial charge in [0.1, 0.15) is 0 Å². The third-order valence-electron chi connectivity index (χ3n) is 4.42. The highest BCUT2D eigenvalue weighted by atomic mass is 16.2. The van der Waals surface area contributed by atoms with Crippen molar-refractivity contribution in [2.75, 3.05) is 19.6 Å². The monoisotopic (exact) mass is 356 g/mol. The van der Waals surface area contributed by atoms with E-state index < -0.39 is 0 Å². The first kappa shape index (κ1) is 19.9. The van der Waals surface area contributed by atoms with Crippen molar-refractivity contribution in [3.63, 3.8) is 0 Å². The number of carbonyl (C=O) groups excluding carboxylic acids is 2. The Balaban J connectivity index is 1.93. The minimum absolute atomic E-state index is 0.0211. The Morgan fingerprint density at radius 1 is 0.923 bits per heavy atom. The molecule has 2 aromatic rings. The molecule has 0 heterocycles. The van der Waals surface area contributed by atoms with E-state index in [1.807, 2.05) is 45.9 Å². The van der Waals surface area contributed by atoms with Crippen molar-refractivity contribution in [3.8, 4) is 0 Å². The molecule has 2 rings (SSSR count). The van der Waals surface area contributed by atoms with E-state index in [0.717, 1.165) is 22.4 Å². The van der Waals surface area contributed by atoms with Crippen LogP contribution in [0, 0.1) is 0 Å². The molecular formula is C21H30N3O2+. The Labute approximate surface area is 155 Å². The summed E-state index contributed by atoms with van der Waals surface area (Å²) in [5.74, 6) is -0.0629. The third-order valence-corrected chi connectivity index (χ3v) is 4.42. The summed E-state index contributed by atoms with van der Waals surface area (Å²) in [6.07, 6.45) is 0. The lowest BCUT2D eigenvalue weighted by atomic mass is 10.0. The maximum atomic E-state index is 12.4. The van der Waals surface area contributed by atoms with Gasteiger partial charge in [-0.3, -0.25) is 9.59 Å². The standard InChI is InChI=1S/C21H29N3O2/c1-5-24(13-20(25)22-15(2)3)14-21(26)23-16(4)18-11-10-17-8-6-7-9-19(17)12-18/h6-12,15-16H,5,13-14H2,1-4H3,(H,22,25)(H,23,26)/p+1/t16-/m0/s1. The molecule has 0 aliphatic rings. The van der Waals surface area contributed by atoms with Crippen LogP contribution >= 0.6 is 0 Å². The zero-order valence-electron chi connectivity index (χ0n) is 16.1. The van der Waals surface area contributed by atoms with Crippen molar-refractivity contribution in [2.45, 2.75) is 39.8 Å². The first-order chi connectivity index (χ1) is 12.4. The Morgan fingerprint density at radius 2 is 1.54 bits per heavy atom. The largest absolute Gasteiger partial charge is 0.349 e. The zero-order chi connectivity index (χ0) is 19.1. The van der Waals surface area contributed by atoms with E-state index >= 15 is 0 Å². The van der Waals surface area contributed by atoms with Crippen LogP contribution < -0.4 is 15.5 Å². The maximum Gasteiger partial charge on any atom is 0.275 e. The molecule has 140 valence electrons. The molecule has 3 N–H and O–H groups in total. The van der Waals surface area contributed by atoms with E-state index in [4.69, 9.17) is 0 Å². The second kappa shape index (κ2) is 9.34. The van der Waals surface area contributed by atoms with Gasteiger partial charge in [-0.15, -0.1) is 0 Å². The van der Waals surface area contributed by atoms with Crippen LogP contribution in [-0.4, -0.2) is 37.5 Å². The molecular weight excluding hydrogens is 326 g/mol. The number of fused-ring (bicyclic) bond motifs is 1. The average molecular weight is 356 g/mol. The van der Waals surface area contributed by atoms with Gasteiger partial charge in [-0.25, -0.2) is 0 Å². The first-order valence-corrected chi connectivity index (χ1v) is 9.30. The molecule has 1 unspecified atom stereocenters. The van der Waals surface area contributed by atoms with Gasteiger partial charge in [0, 0.05) is 6.04 Å². The Kier molecular flexibility index (Phi) is 7.16. The van der Waals surface area contributed by atoms with Crippen LogP contribution in [0.3, 0.4) is 0 Å². The predicted molar refractivity (Wildman–Crippen MR) is 105 cm³/mol. The molecule has 0 saturated heterocycles. The number of carbonyl (C=O) groups is 2. The third kappa shape index (κ3) is 5.85. The smallest absolute Gasteiger partial charge is 0.275 e. The van der Waals surface area contributed by atoms with Gasteiger partial charge in [0.15, 0.2) is 13.1 Å². The Hall–Kier alpha value is -2.40. The molecule has 5 nitrogen and oxygen atoms in total. The van der Waals surface area contributed by atoms with Crippen LogP contribution in [0.1, 0.15) is 39.3 Å². The molecule has 2 amide bonds. The summed E-state index contributed by atoms with van der Waals surface area (Å²) < 4.78 is 0. The SMILES string of the molecule is CC[NH+](CC(=O)NC(C)C)CC(=O)N[C@@H](C)c1ccc2ccccc2c1. The fourth-order valence-electron chi connectivity index (χ4n) is 2.99. The number of amides is 2. The number of nitrogens with one attached hydrogen (secondary N) is 3. The number of likely N-dealkylation sites (N-methyl/N-ethyl adjacent to an activating group) is 1. The lowest BCUT2D eigenvalue weighted by Gasteiger charge is -2.20. The van der Waals surface area contributed by atoms with Gasteiger partial charge in [0.2, 0.25) is 0 Å². The summed E-state index contributed by atoms with van der Waals surface area (Å²) in [5, 5.41) is 8.27. The van der Waals surface area contributed by atoms with Crippen molar-refractivity contribution in [2.24, 2.45) is 0 Å². The van der Waals surface area contributed by atoms with Gasteiger partial charge in [0.25, 0.3) is 11.8 Å². The molecule has 0 aromatic heterocycles. The van der Waals surface area contributed by atoms with E-state index in [0.29, 0.717) is 13.1 Å². The van der Waals surface area contributed by atoms with Crippen LogP contribution in [0.15, 0.2) is 42.5 Å². The summed E-state index contributed by atoms with van der Waals surface area (Å²) >= 11 is 0. The number of hydrogen-bond acceptors (Lipinski definition) is 2. The van der Waals surface area contributed by atoms with E-state index in [-0.39, 0.29) is 23.9 Å². The van der Waals surface area contributed by atoms with Gasteiger partial charge < -0.3 is 15.5 Å². The number of rotatable bonds is 8. The number of quaternary nitrogens is 1. The van der Waals surface area contributed by atoms with Gasteiger partial charge in [-0.2, -0.15) is 0 Å². The van der Waals surface area contributed by atoms with Crippen LogP contribution in [0.25, 0.3) is 10.8 Å². The van der Waals surface area contributed by atoms with Gasteiger partial charge in [0.05, 0.1) is 12.6 Å². The average Bonchev–Trinajstić information content (AvgIpc) is 2.59. The van der Waals surface area contributed by atoms with Gasteiger partial charge in [-0.05, 0) is 50.1 Å². The van der Waals surface area contributed by atoms with Crippen LogP contribution in [0.5, 0.6) is 0 Å². The van der Waals surface area contributed by atoms with E-state index in [1.54, 1.807) is 0 Å². The highest BCUT2D eigenvalue weighted by Gasteiger charge is 2.18. The molecule has 0 aliphatic heterocycles. The number of hydrogen-bond donors (Lipinski definition) is 3. The lowest BCUT2D eigenvalue weighted by Crippen LogP contribution is -3.14. The molecule has 5 heteroatoms. The molecule has 0 saturated carbocycles. The van der Waals surface area contributed by atoms with Crippen molar-refractivity contribution in [1.29, 1.82) is 0 Å². The van der Waals surface area contributed by atoms with Crippen LogP contribution in [0.2, 0.25) is 0 Å². The van der Waals surface area contributed by atoms with Crippen molar-refractivity contribution in [1.82, 2.24) is 10.6 Å². The highest BCUT2D eigenvalue weighted by molar-refractivity contribution is 5.83. The molecule has 0 aliphatic carbocycles. The Bertz CT molecular complexity index is 758. The zero-order valence-corrected chi connectivity index (χ0v) is 16.1. The molecule has 2 aromatic carbocycles. The molecule has 26 heavy (non-hydrogen) atoms. The minimum atomic E-state index is -0.0743. The van der Waals surface area contributed by atoms with Crippen molar-refractivity contribution >= 4 is 22.6 Å². The maximum absolute atomic E-state index is 12.4. The molecule has 0 spiro atoms. The summed E-state index contributed by atoms with van der Waals surface area (Å²) in [4.78, 5) is 25.3. The topological polar surface area (TPSA) is 62.6 Å². The summed E-state index contributed by atoms with van der Waals surface area (Å²) in [6, 6.07) is 14.5. The highest BCUT2D eigenvalue weighted by Crippen LogP contribution is 2.20. The van der Waals surface area contributed by atoms with Crippen molar-refractivity contribution < 1.29 is 14.5 Å². The van der Waals surface area contributed by atoms with E-state index in [1.165, 1.54) is 5.39 Å². The lowest BCUT2D eigenvalue weighted by molar-refractivity contribution is -0.881. The fraction of sp³-hybridized carbons (Fsp3) is 0.429.